The highest BCUT2D eigenvalue weighted by Crippen LogP contribution is 2.38. The molecule has 0 aliphatic rings. The van der Waals surface area contributed by atoms with E-state index in [-0.39, 0.29) is 35.9 Å². The number of carbonyl (C=O) groups is 1. The van der Waals surface area contributed by atoms with Crippen molar-refractivity contribution in [2.75, 3.05) is 27.9 Å². The lowest BCUT2D eigenvalue weighted by Crippen LogP contribution is -2.23. The molecule has 7 nitrogen and oxygen atoms in total. The standard InChI is InChI=1S/C23H30O7/c1-14(8-17-11-21(28-4)23(26)22(12-17)29-5)18(13-30-15(2)24)9-16-6-7-19(25)20(10-16)27-3/h6-7,10-12,14,18,25-26H,8-9,13H2,1-5H3/t14-,18-/m1/s1. The van der Waals surface area contributed by atoms with Crippen molar-refractivity contribution < 1.29 is 34.0 Å². The first-order valence-electron chi connectivity index (χ1n) is 9.72. The summed E-state index contributed by atoms with van der Waals surface area (Å²) in [5, 5.41) is 20.0. The molecule has 7 heteroatoms. The van der Waals surface area contributed by atoms with Gasteiger partial charge < -0.3 is 29.2 Å². The number of esters is 1. The Morgan fingerprint density at radius 1 is 0.900 bits per heavy atom. The Kier molecular flexibility index (Phi) is 8.21. The molecule has 0 aromatic heterocycles. The second-order valence-electron chi connectivity index (χ2n) is 7.30. The number of hydrogen-bond acceptors (Lipinski definition) is 7. The molecule has 2 aromatic carbocycles. The van der Waals surface area contributed by atoms with Gasteiger partial charge in [-0.25, -0.2) is 0 Å². The molecule has 0 aliphatic heterocycles. The van der Waals surface area contributed by atoms with Crippen LogP contribution in [0.25, 0.3) is 0 Å². The normalized spacial score (nSPS) is 12.7. The molecule has 0 aliphatic carbocycles. The maximum Gasteiger partial charge on any atom is 0.302 e. The van der Waals surface area contributed by atoms with Crippen molar-refractivity contribution in [1.82, 2.24) is 0 Å². The van der Waals surface area contributed by atoms with E-state index in [1.165, 1.54) is 28.3 Å². The summed E-state index contributed by atoms with van der Waals surface area (Å²) in [6.07, 6.45) is 1.30. The Balaban J connectivity index is 2.25. The van der Waals surface area contributed by atoms with Crippen molar-refractivity contribution in [2.45, 2.75) is 26.7 Å². The van der Waals surface area contributed by atoms with E-state index in [2.05, 4.69) is 6.92 Å². The van der Waals surface area contributed by atoms with E-state index in [9.17, 15) is 15.0 Å². The highest BCUT2D eigenvalue weighted by Gasteiger charge is 2.22. The van der Waals surface area contributed by atoms with Gasteiger partial charge in [-0.3, -0.25) is 4.79 Å². The molecular formula is C23H30O7. The van der Waals surface area contributed by atoms with Crippen LogP contribution in [0.15, 0.2) is 30.3 Å². The molecule has 0 spiro atoms. The van der Waals surface area contributed by atoms with E-state index in [4.69, 9.17) is 18.9 Å². The second-order valence-corrected chi connectivity index (χ2v) is 7.30. The first-order chi connectivity index (χ1) is 14.3. The van der Waals surface area contributed by atoms with Gasteiger partial charge in [0, 0.05) is 12.8 Å². The van der Waals surface area contributed by atoms with Gasteiger partial charge in [0.15, 0.2) is 23.0 Å². The predicted octanol–water partition coefficient (Wildman–Crippen LogP) is 3.72. The summed E-state index contributed by atoms with van der Waals surface area (Å²) in [6, 6.07) is 8.77. The third-order valence-corrected chi connectivity index (χ3v) is 5.14. The molecule has 0 bridgehead atoms. The van der Waals surface area contributed by atoms with Gasteiger partial charge in [0.1, 0.15) is 0 Å². The molecule has 0 saturated heterocycles. The van der Waals surface area contributed by atoms with Crippen LogP contribution >= 0.6 is 0 Å². The summed E-state index contributed by atoms with van der Waals surface area (Å²) >= 11 is 0. The average Bonchev–Trinajstić information content (AvgIpc) is 2.72. The Hall–Kier alpha value is -3.09. The molecule has 0 amide bonds. The van der Waals surface area contributed by atoms with Crippen LogP contribution in [0.3, 0.4) is 0 Å². The monoisotopic (exact) mass is 418 g/mol. The van der Waals surface area contributed by atoms with Gasteiger partial charge in [-0.15, -0.1) is 0 Å². The minimum absolute atomic E-state index is 0.0222. The van der Waals surface area contributed by atoms with Crippen LogP contribution in [0.5, 0.6) is 28.7 Å². The summed E-state index contributed by atoms with van der Waals surface area (Å²) in [5.74, 6) is 0.950. The van der Waals surface area contributed by atoms with Crippen molar-refractivity contribution in [3.63, 3.8) is 0 Å². The van der Waals surface area contributed by atoms with Gasteiger partial charge in [-0.1, -0.05) is 13.0 Å². The quantitative estimate of drug-likeness (QED) is 0.568. The smallest absolute Gasteiger partial charge is 0.302 e. The van der Waals surface area contributed by atoms with Crippen LogP contribution < -0.4 is 14.2 Å². The summed E-state index contributed by atoms with van der Waals surface area (Å²) in [6.45, 7) is 3.74. The Bertz CT molecular complexity index is 838. The van der Waals surface area contributed by atoms with Crippen LogP contribution in [0.2, 0.25) is 0 Å². The number of rotatable bonds is 10. The molecule has 164 valence electrons. The summed E-state index contributed by atoms with van der Waals surface area (Å²) in [5.41, 5.74) is 1.90. The second kappa shape index (κ2) is 10.6. The van der Waals surface area contributed by atoms with Gasteiger partial charge in [0.05, 0.1) is 27.9 Å². The molecule has 2 atom stereocenters. The molecule has 0 saturated carbocycles. The van der Waals surface area contributed by atoms with Crippen molar-refractivity contribution in [3.8, 4) is 28.7 Å². The molecule has 0 heterocycles. The molecule has 2 aromatic rings. The van der Waals surface area contributed by atoms with E-state index in [0.717, 1.165) is 11.1 Å². The van der Waals surface area contributed by atoms with Crippen LogP contribution in [0.4, 0.5) is 0 Å². The zero-order valence-corrected chi connectivity index (χ0v) is 18.1. The number of hydrogen-bond donors (Lipinski definition) is 2. The summed E-state index contributed by atoms with van der Waals surface area (Å²) in [7, 11) is 4.48. The van der Waals surface area contributed by atoms with E-state index < -0.39 is 0 Å². The minimum atomic E-state index is -0.330. The number of phenolic OH excluding ortho intramolecular Hbond substituents is 2. The molecular weight excluding hydrogens is 388 g/mol. The van der Waals surface area contributed by atoms with Crippen molar-refractivity contribution in [2.24, 2.45) is 11.8 Å². The molecule has 0 unspecified atom stereocenters. The molecule has 2 N–H and O–H groups in total. The van der Waals surface area contributed by atoms with E-state index >= 15 is 0 Å². The highest BCUT2D eigenvalue weighted by atomic mass is 16.5. The third kappa shape index (κ3) is 5.95. The topological polar surface area (TPSA) is 94.5 Å². The van der Waals surface area contributed by atoms with Crippen molar-refractivity contribution in [3.05, 3.63) is 41.5 Å². The van der Waals surface area contributed by atoms with E-state index in [1.54, 1.807) is 24.3 Å². The zero-order valence-electron chi connectivity index (χ0n) is 18.1. The van der Waals surface area contributed by atoms with Crippen LogP contribution in [0, 0.1) is 11.8 Å². The zero-order chi connectivity index (χ0) is 22.3. The van der Waals surface area contributed by atoms with Crippen molar-refractivity contribution in [1.29, 1.82) is 0 Å². The number of ether oxygens (including phenoxy) is 4. The lowest BCUT2D eigenvalue weighted by Gasteiger charge is -2.24. The molecule has 30 heavy (non-hydrogen) atoms. The van der Waals surface area contributed by atoms with Gasteiger partial charge in [-0.05, 0) is 54.2 Å². The minimum Gasteiger partial charge on any atom is -0.504 e. The van der Waals surface area contributed by atoms with Gasteiger partial charge >= 0.3 is 5.97 Å². The first-order valence-corrected chi connectivity index (χ1v) is 9.72. The number of aromatic hydroxyl groups is 2. The predicted molar refractivity (Wildman–Crippen MR) is 113 cm³/mol. The van der Waals surface area contributed by atoms with Crippen molar-refractivity contribution >= 4 is 5.97 Å². The first kappa shape index (κ1) is 23.2. The number of benzene rings is 2. The Morgan fingerprint density at radius 3 is 2.00 bits per heavy atom. The van der Waals surface area contributed by atoms with Gasteiger partial charge in [0.2, 0.25) is 5.75 Å². The van der Waals surface area contributed by atoms with Gasteiger partial charge in [0.25, 0.3) is 0 Å². The van der Waals surface area contributed by atoms with Crippen LogP contribution in [0.1, 0.15) is 25.0 Å². The number of phenols is 2. The fourth-order valence-electron chi connectivity index (χ4n) is 3.40. The maximum absolute atomic E-state index is 11.4. The lowest BCUT2D eigenvalue weighted by atomic mass is 9.84. The molecule has 0 radical (unpaired) electrons. The summed E-state index contributed by atoms with van der Waals surface area (Å²) < 4.78 is 21.0. The fraction of sp³-hybridized carbons (Fsp3) is 0.435. The van der Waals surface area contributed by atoms with Gasteiger partial charge in [-0.2, -0.15) is 0 Å². The summed E-state index contributed by atoms with van der Waals surface area (Å²) in [4.78, 5) is 11.4. The Morgan fingerprint density at radius 2 is 1.47 bits per heavy atom. The number of carbonyl (C=O) groups excluding carboxylic acids is 1. The fourth-order valence-corrected chi connectivity index (χ4v) is 3.40. The maximum atomic E-state index is 11.4. The third-order valence-electron chi connectivity index (χ3n) is 5.14. The highest BCUT2D eigenvalue weighted by molar-refractivity contribution is 5.65. The average molecular weight is 418 g/mol. The SMILES string of the molecule is COc1cc(C[C@H](COC(C)=O)[C@H](C)Cc2cc(OC)c(O)c(OC)c2)ccc1O. The van der Waals surface area contributed by atoms with Crippen LogP contribution in [-0.4, -0.2) is 44.1 Å². The lowest BCUT2D eigenvalue weighted by molar-refractivity contribution is -0.142. The number of methoxy groups -OCH3 is 3. The molecule has 2 rings (SSSR count). The Labute approximate surface area is 177 Å². The van der Waals surface area contributed by atoms with E-state index in [0.29, 0.717) is 30.1 Å². The van der Waals surface area contributed by atoms with E-state index in [1.807, 2.05) is 6.07 Å². The molecule has 0 fully saturated rings. The van der Waals surface area contributed by atoms with Crippen LogP contribution in [-0.2, 0) is 22.4 Å². The largest absolute Gasteiger partial charge is 0.504 e.